The maximum atomic E-state index is 13.6. The lowest BCUT2D eigenvalue weighted by Gasteiger charge is -2.13. The van der Waals surface area contributed by atoms with Crippen LogP contribution in [0.25, 0.3) is 0 Å². The zero-order chi connectivity index (χ0) is 20.1. The summed E-state index contributed by atoms with van der Waals surface area (Å²) in [6, 6.07) is 12.2. The van der Waals surface area contributed by atoms with Crippen molar-refractivity contribution in [2.75, 3.05) is 11.9 Å². The summed E-state index contributed by atoms with van der Waals surface area (Å²) in [5, 5.41) is 5.97. The number of aryl methyl sites for hydroxylation is 3. The lowest BCUT2D eigenvalue weighted by atomic mass is 10.1. The molecule has 0 fully saturated rings. The molecule has 144 valence electrons. The van der Waals surface area contributed by atoms with Crippen LogP contribution in [0.3, 0.4) is 0 Å². The van der Waals surface area contributed by atoms with E-state index in [0.717, 1.165) is 16.8 Å². The molecule has 1 amide bonds. The number of rotatable bonds is 6. The van der Waals surface area contributed by atoms with Gasteiger partial charge in [-0.3, -0.25) is 4.79 Å². The minimum absolute atomic E-state index is 0.258. The van der Waals surface area contributed by atoms with Crippen LogP contribution in [0.5, 0.6) is 0 Å². The van der Waals surface area contributed by atoms with E-state index in [1.54, 1.807) is 30.5 Å². The van der Waals surface area contributed by atoms with Gasteiger partial charge in [-0.2, -0.15) is 0 Å². The standard InChI is InChI=1S/C22H23FN4O/c1-14-12-15(2)20(16(3)13-14)27-22-25-11-9-19(26-22)21(28)24-10-8-17-6-4-5-7-18(17)23/h4-7,9,11-13H,8,10H2,1-3H3,(H,24,28)(H,25,26,27). The molecule has 3 rings (SSSR count). The van der Waals surface area contributed by atoms with Crippen molar-refractivity contribution < 1.29 is 9.18 Å². The molecule has 0 aliphatic rings. The van der Waals surface area contributed by atoms with Crippen LogP contribution < -0.4 is 10.6 Å². The Hall–Kier alpha value is -3.28. The lowest BCUT2D eigenvalue weighted by molar-refractivity contribution is 0.0949. The molecule has 0 atom stereocenters. The Labute approximate surface area is 164 Å². The van der Waals surface area contributed by atoms with E-state index in [2.05, 4.69) is 32.7 Å². The number of aromatic nitrogens is 2. The first kappa shape index (κ1) is 19.5. The van der Waals surface area contributed by atoms with Crippen LogP contribution in [0.1, 0.15) is 32.7 Å². The second-order valence-electron chi connectivity index (χ2n) is 6.76. The van der Waals surface area contributed by atoms with Gasteiger partial charge in [-0.15, -0.1) is 0 Å². The van der Waals surface area contributed by atoms with E-state index in [4.69, 9.17) is 0 Å². The summed E-state index contributed by atoms with van der Waals surface area (Å²) in [4.78, 5) is 20.9. The number of halogens is 1. The SMILES string of the molecule is Cc1cc(C)c(Nc2nccc(C(=O)NCCc3ccccc3F)n2)c(C)c1. The van der Waals surface area contributed by atoms with Gasteiger partial charge in [-0.1, -0.05) is 35.9 Å². The largest absolute Gasteiger partial charge is 0.350 e. The fourth-order valence-corrected chi connectivity index (χ4v) is 3.14. The van der Waals surface area contributed by atoms with Gasteiger partial charge >= 0.3 is 0 Å². The molecule has 0 unspecified atom stereocenters. The average Bonchev–Trinajstić information content (AvgIpc) is 2.66. The normalized spacial score (nSPS) is 10.6. The first-order chi connectivity index (χ1) is 13.4. The van der Waals surface area contributed by atoms with Crippen LogP contribution in [0.2, 0.25) is 0 Å². The number of nitrogens with one attached hydrogen (secondary N) is 2. The fraction of sp³-hybridized carbons (Fsp3) is 0.227. The quantitative estimate of drug-likeness (QED) is 0.673. The third-order valence-corrected chi connectivity index (χ3v) is 4.44. The molecular formula is C22H23FN4O. The van der Waals surface area contributed by atoms with Gasteiger partial charge in [0.05, 0.1) is 0 Å². The van der Waals surface area contributed by atoms with Gasteiger partial charge in [0.25, 0.3) is 5.91 Å². The summed E-state index contributed by atoms with van der Waals surface area (Å²) in [5.41, 5.74) is 5.11. The molecule has 2 aromatic carbocycles. The van der Waals surface area contributed by atoms with Crippen LogP contribution in [0, 0.1) is 26.6 Å². The van der Waals surface area contributed by atoms with Crippen molar-refractivity contribution in [3.05, 3.63) is 82.4 Å². The highest BCUT2D eigenvalue weighted by Gasteiger charge is 2.11. The number of hydrogen-bond acceptors (Lipinski definition) is 4. The summed E-state index contributed by atoms with van der Waals surface area (Å²) in [7, 11) is 0. The van der Waals surface area contributed by atoms with Crippen LogP contribution in [-0.4, -0.2) is 22.4 Å². The molecule has 2 N–H and O–H groups in total. The highest BCUT2D eigenvalue weighted by atomic mass is 19.1. The van der Waals surface area contributed by atoms with E-state index in [1.807, 2.05) is 20.8 Å². The smallest absolute Gasteiger partial charge is 0.270 e. The molecule has 0 saturated carbocycles. The Morgan fingerprint density at radius 1 is 1.07 bits per heavy atom. The molecule has 28 heavy (non-hydrogen) atoms. The van der Waals surface area contributed by atoms with Gasteiger partial charge in [0.1, 0.15) is 11.5 Å². The number of amides is 1. The minimum Gasteiger partial charge on any atom is -0.350 e. The molecule has 0 aliphatic heterocycles. The van der Waals surface area contributed by atoms with E-state index in [-0.39, 0.29) is 17.4 Å². The van der Waals surface area contributed by atoms with Gasteiger partial charge in [0.15, 0.2) is 0 Å². The number of benzene rings is 2. The van der Waals surface area contributed by atoms with Gasteiger partial charge in [-0.05, 0) is 56.0 Å². The maximum Gasteiger partial charge on any atom is 0.270 e. The molecule has 1 heterocycles. The Balaban J connectivity index is 1.66. The van der Waals surface area contributed by atoms with Crippen LogP contribution >= 0.6 is 0 Å². The van der Waals surface area contributed by atoms with Crippen molar-refractivity contribution in [1.82, 2.24) is 15.3 Å². The van der Waals surface area contributed by atoms with Crippen LogP contribution in [0.15, 0.2) is 48.7 Å². The van der Waals surface area contributed by atoms with Crippen LogP contribution in [-0.2, 0) is 6.42 Å². The molecule has 3 aromatic rings. The number of hydrogen-bond donors (Lipinski definition) is 2. The lowest BCUT2D eigenvalue weighted by Crippen LogP contribution is -2.27. The zero-order valence-electron chi connectivity index (χ0n) is 16.2. The van der Waals surface area contributed by atoms with Gasteiger partial charge in [0.2, 0.25) is 5.95 Å². The number of carbonyl (C=O) groups excluding carboxylic acids is 1. The number of nitrogens with zero attached hydrogens (tertiary/aromatic N) is 2. The van der Waals surface area contributed by atoms with Crippen molar-refractivity contribution in [2.45, 2.75) is 27.2 Å². The molecule has 0 spiro atoms. The molecule has 0 aliphatic carbocycles. The highest BCUT2D eigenvalue weighted by Crippen LogP contribution is 2.24. The number of carbonyl (C=O) groups is 1. The molecule has 1 aromatic heterocycles. The fourth-order valence-electron chi connectivity index (χ4n) is 3.14. The minimum atomic E-state index is -0.320. The molecule has 6 heteroatoms. The summed E-state index contributed by atoms with van der Waals surface area (Å²) in [6.45, 7) is 6.40. The summed E-state index contributed by atoms with van der Waals surface area (Å²) in [6.07, 6.45) is 1.95. The summed E-state index contributed by atoms with van der Waals surface area (Å²) >= 11 is 0. The predicted octanol–water partition coefficient (Wildman–Crippen LogP) is 4.26. The monoisotopic (exact) mass is 378 g/mol. The Morgan fingerprint density at radius 3 is 2.50 bits per heavy atom. The van der Waals surface area contributed by atoms with Gasteiger partial charge in [-0.25, -0.2) is 14.4 Å². The average molecular weight is 378 g/mol. The summed E-state index contributed by atoms with van der Waals surface area (Å²) < 4.78 is 13.6. The second kappa shape index (κ2) is 8.61. The van der Waals surface area contributed by atoms with Gasteiger partial charge in [0, 0.05) is 18.4 Å². The van der Waals surface area contributed by atoms with Crippen molar-refractivity contribution in [2.24, 2.45) is 0 Å². The predicted molar refractivity (Wildman–Crippen MR) is 108 cm³/mol. The summed E-state index contributed by atoms with van der Waals surface area (Å²) in [5.74, 6) is -0.231. The number of anilines is 2. The van der Waals surface area contributed by atoms with E-state index < -0.39 is 0 Å². The van der Waals surface area contributed by atoms with Crippen LogP contribution in [0.4, 0.5) is 16.0 Å². The van der Waals surface area contributed by atoms with Crippen molar-refractivity contribution in [1.29, 1.82) is 0 Å². The Kier molecular flexibility index (Phi) is 5.99. The van der Waals surface area contributed by atoms with Crippen molar-refractivity contribution in [3.63, 3.8) is 0 Å². The van der Waals surface area contributed by atoms with E-state index in [9.17, 15) is 9.18 Å². The first-order valence-electron chi connectivity index (χ1n) is 9.13. The molecule has 0 saturated heterocycles. The van der Waals surface area contributed by atoms with E-state index >= 15 is 0 Å². The zero-order valence-corrected chi connectivity index (χ0v) is 16.2. The third kappa shape index (κ3) is 4.71. The van der Waals surface area contributed by atoms with E-state index in [0.29, 0.717) is 24.5 Å². The van der Waals surface area contributed by atoms with E-state index in [1.165, 1.54) is 11.6 Å². The Morgan fingerprint density at radius 2 is 1.79 bits per heavy atom. The first-order valence-corrected chi connectivity index (χ1v) is 9.13. The molecule has 0 radical (unpaired) electrons. The highest BCUT2D eigenvalue weighted by molar-refractivity contribution is 5.92. The third-order valence-electron chi connectivity index (χ3n) is 4.44. The molecular weight excluding hydrogens is 355 g/mol. The van der Waals surface area contributed by atoms with Gasteiger partial charge < -0.3 is 10.6 Å². The van der Waals surface area contributed by atoms with Crippen molar-refractivity contribution >= 4 is 17.5 Å². The molecule has 5 nitrogen and oxygen atoms in total. The van der Waals surface area contributed by atoms with Crippen molar-refractivity contribution in [3.8, 4) is 0 Å². The topological polar surface area (TPSA) is 66.9 Å². The molecule has 0 bridgehead atoms. The maximum absolute atomic E-state index is 13.6. The Bertz CT molecular complexity index is 980. The second-order valence-corrected chi connectivity index (χ2v) is 6.76.